The van der Waals surface area contributed by atoms with E-state index in [4.69, 9.17) is 11.5 Å². The maximum absolute atomic E-state index is 10.4. The minimum atomic E-state index is -0.774. The van der Waals surface area contributed by atoms with Crippen molar-refractivity contribution in [3.05, 3.63) is 0 Å². The Morgan fingerprint density at radius 2 is 2.42 bits per heavy atom. The number of aliphatic carboxylic acids is 1. The molecule has 0 radical (unpaired) electrons. The first kappa shape index (κ1) is 11.3. The molecule has 0 amide bonds. The number of terminal acetylenes is 1. The van der Waals surface area contributed by atoms with Crippen molar-refractivity contribution >= 4 is 18.4 Å². The Balaban J connectivity index is 0.00000121. The van der Waals surface area contributed by atoms with E-state index in [1.165, 1.54) is 0 Å². The second-order valence-electron chi connectivity index (χ2n) is 2.81. The number of rotatable bonds is 2. The van der Waals surface area contributed by atoms with Crippen molar-refractivity contribution in [1.82, 2.24) is 5.32 Å². The second-order valence-corrected chi connectivity index (χ2v) is 2.81. The lowest BCUT2D eigenvalue weighted by Crippen LogP contribution is -2.29. The van der Waals surface area contributed by atoms with Gasteiger partial charge in [-0.25, -0.2) is 0 Å². The number of hydrogen-bond donors (Lipinski definition) is 2. The first-order valence-electron chi connectivity index (χ1n) is 3.63. The third kappa shape index (κ3) is 2.72. The molecule has 0 spiro atoms. The van der Waals surface area contributed by atoms with Crippen LogP contribution in [-0.2, 0) is 4.79 Å². The Bertz CT molecular complexity index is 200. The first-order chi connectivity index (χ1) is 5.24. The standard InChI is InChI=1S/C8H11NO2.ClH/c1-2-3-6-4-7(8(10)11)9-5-6;/h1,6-7,9H,3-5H2,(H,10,11);1H. The molecule has 1 heterocycles. The lowest BCUT2D eigenvalue weighted by atomic mass is 10.0. The topological polar surface area (TPSA) is 49.3 Å². The summed E-state index contributed by atoms with van der Waals surface area (Å²) in [7, 11) is 0. The maximum Gasteiger partial charge on any atom is 0.320 e. The van der Waals surface area contributed by atoms with Crippen LogP contribution < -0.4 is 5.32 Å². The summed E-state index contributed by atoms with van der Waals surface area (Å²) in [5.41, 5.74) is 0. The normalized spacial score (nSPS) is 27.2. The van der Waals surface area contributed by atoms with Gasteiger partial charge in [-0.3, -0.25) is 4.79 Å². The Morgan fingerprint density at radius 3 is 2.83 bits per heavy atom. The summed E-state index contributed by atoms with van der Waals surface area (Å²) in [6, 6.07) is -0.381. The van der Waals surface area contributed by atoms with Crippen molar-refractivity contribution in [3.63, 3.8) is 0 Å². The van der Waals surface area contributed by atoms with E-state index < -0.39 is 5.97 Å². The van der Waals surface area contributed by atoms with Gasteiger partial charge in [0.15, 0.2) is 0 Å². The molecule has 2 N–H and O–H groups in total. The van der Waals surface area contributed by atoms with Crippen molar-refractivity contribution in [2.45, 2.75) is 18.9 Å². The van der Waals surface area contributed by atoms with Gasteiger partial charge >= 0.3 is 5.97 Å². The molecule has 1 aliphatic rings. The van der Waals surface area contributed by atoms with Gasteiger partial charge in [-0.1, -0.05) is 0 Å². The van der Waals surface area contributed by atoms with Gasteiger partial charge in [0.25, 0.3) is 0 Å². The molecule has 2 unspecified atom stereocenters. The van der Waals surface area contributed by atoms with Crippen molar-refractivity contribution in [2.75, 3.05) is 6.54 Å². The summed E-state index contributed by atoms with van der Waals surface area (Å²) < 4.78 is 0. The van der Waals surface area contributed by atoms with Crippen molar-refractivity contribution in [3.8, 4) is 12.3 Å². The van der Waals surface area contributed by atoms with Crippen LogP contribution in [0.1, 0.15) is 12.8 Å². The molecule has 0 aromatic heterocycles. The fourth-order valence-corrected chi connectivity index (χ4v) is 1.32. The summed E-state index contributed by atoms with van der Waals surface area (Å²) in [6.07, 6.45) is 6.45. The van der Waals surface area contributed by atoms with Gasteiger partial charge in [0.05, 0.1) is 0 Å². The van der Waals surface area contributed by atoms with Crippen molar-refractivity contribution < 1.29 is 9.90 Å². The van der Waals surface area contributed by atoms with Gasteiger partial charge in [-0.2, -0.15) is 0 Å². The quantitative estimate of drug-likeness (QED) is 0.622. The molecule has 1 aliphatic heterocycles. The fraction of sp³-hybridized carbons (Fsp3) is 0.625. The number of nitrogens with one attached hydrogen (secondary N) is 1. The van der Waals surface area contributed by atoms with E-state index in [1.54, 1.807) is 0 Å². The molecule has 1 rings (SSSR count). The molecule has 0 saturated carbocycles. The van der Waals surface area contributed by atoms with Crippen LogP contribution in [0, 0.1) is 18.3 Å². The van der Waals surface area contributed by atoms with Gasteiger partial charge in [0.1, 0.15) is 6.04 Å². The monoisotopic (exact) mass is 189 g/mol. The van der Waals surface area contributed by atoms with Crippen LogP contribution in [0.15, 0.2) is 0 Å². The Morgan fingerprint density at radius 1 is 1.75 bits per heavy atom. The zero-order chi connectivity index (χ0) is 8.27. The van der Waals surface area contributed by atoms with E-state index in [-0.39, 0.29) is 18.4 Å². The molecule has 3 nitrogen and oxygen atoms in total. The Hall–Kier alpha value is -0.720. The van der Waals surface area contributed by atoms with Crippen LogP contribution in [0.5, 0.6) is 0 Å². The predicted molar refractivity (Wildman–Crippen MR) is 48.2 cm³/mol. The van der Waals surface area contributed by atoms with Crippen molar-refractivity contribution in [1.29, 1.82) is 0 Å². The van der Waals surface area contributed by atoms with E-state index in [2.05, 4.69) is 11.2 Å². The highest BCUT2D eigenvalue weighted by atomic mass is 35.5. The molecular formula is C8H12ClNO2. The highest BCUT2D eigenvalue weighted by Crippen LogP contribution is 2.16. The Kier molecular flexibility index (Phi) is 4.72. The largest absolute Gasteiger partial charge is 0.480 e. The molecule has 0 bridgehead atoms. The van der Waals surface area contributed by atoms with Crippen LogP contribution in [0.4, 0.5) is 0 Å². The van der Waals surface area contributed by atoms with E-state index in [0.717, 1.165) is 6.54 Å². The van der Waals surface area contributed by atoms with Gasteiger partial charge in [-0.05, 0) is 18.9 Å². The molecule has 68 valence electrons. The lowest BCUT2D eigenvalue weighted by Gasteiger charge is -2.01. The number of halogens is 1. The molecule has 2 atom stereocenters. The third-order valence-electron chi connectivity index (χ3n) is 1.93. The number of hydrogen-bond acceptors (Lipinski definition) is 2. The molecule has 1 saturated heterocycles. The van der Waals surface area contributed by atoms with E-state index >= 15 is 0 Å². The molecule has 0 aromatic rings. The minimum Gasteiger partial charge on any atom is -0.480 e. The van der Waals surface area contributed by atoms with E-state index in [9.17, 15) is 4.79 Å². The molecule has 4 heteroatoms. The lowest BCUT2D eigenvalue weighted by molar-refractivity contribution is -0.139. The van der Waals surface area contributed by atoms with Crippen LogP contribution >= 0.6 is 12.4 Å². The van der Waals surface area contributed by atoms with Crippen LogP contribution in [0.25, 0.3) is 0 Å². The summed E-state index contributed by atoms with van der Waals surface area (Å²) in [4.78, 5) is 10.4. The van der Waals surface area contributed by atoms with E-state index in [0.29, 0.717) is 18.8 Å². The molecule has 0 aromatic carbocycles. The third-order valence-corrected chi connectivity index (χ3v) is 1.93. The first-order valence-corrected chi connectivity index (χ1v) is 3.63. The SMILES string of the molecule is C#CCC1CNC(C(=O)O)C1.Cl. The molecule has 12 heavy (non-hydrogen) atoms. The number of carbonyl (C=O) groups is 1. The molecule has 0 aliphatic carbocycles. The summed E-state index contributed by atoms with van der Waals surface area (Å²) in [6.45, 7) is 0.737. The summed E-state index contributed by atoms with van der Waals surface area (Å²) in [5, 5.41) is 11.5. The zero-order valence-corrected chi connectivity index (χ0v) is 7.43. The highest BCUT2D eigenvalue weighted by Gasteiger charge is 2.28. The summed E-state index contributed by atoms with van der Waals surface area (Å²) >= 11 is 0. The highest BCUT2D eigenvalue weighted by molar-refractivity contribution is 5.85. The van der Waals surface area contributed by atoms with Gasteiger partial charge in [-0.15, -0.1) is 24.8 Å². The summed E-state index contributed by atoms with van der Waals surface area (Å²) in [5.74, 6) is 2.11. The van der Waals surface area contributed by atoms with E-state index in [1.807, 2.05) is 0 Å². The van der Waals surface area contributed by atoms with Gasteiger partial charge in [0.2, 0.25) is 0 Å². The predicted octanol–water partition coefficient (Wildman–Crippen LogP) is 0.494. The zero-order valence-electron chi connectivity index (χ0n) is 6.62. The Labute approximate surface area is 77.9 Å². The smallest absolute Gasteiger partial charge is 0.320 e. The van der Waals surface area contributed by atoms with Crippen LogP contribution in [0.2, 0.25) is 0 Å². The molecular weight excluding hydrogens is 178 g/mol. The van der Waals surface area contributed by atoms with Gasteiger partial charge < -0.3 is 10.4 Å². The van der Waals surface area contributed by atoms with Crippen molar-refractivity contribution in [2.24, 2.45) is 5.92 Å². The van der Waals surface area contributed by atoms with Gasteiger partial charge in [0, 0.05) is 6.42 Å². The average Bonchev–Trinajstić information content (AvgIpc) is 2.37. The molecule has 1 fully saturated rings. The van der Waals surface area contributed by atoms with Crippen LogP contribution in [-0.4, -0.2) is 23.7 Å². The number of carboxylic acid groups (broad SMARTS) is 1. The minimum absolute atomic E-state index is 0. The second kappa shape index (κ2) is 5.02. The van der Waals surface area contributed by atoms with Crippen LogP contribution in [0.3, 0.4) is 0 Å². The maximum atomic E-state index is 10.4. The number of carboxylic acids is 1. The average molecular weight is 190 g/mol. The fourth-order valence-electron chi connectivity index (χ4n) is 1.32.